The molecule has 2 N–H and O–H groups in total. The van der Waals surface area contributed by atoms with E-state index < -0.39 is 0 Å². The number of hydrogen-bond acceptors (Lipinski definition) is 3. The lowest BCUT2D eigenvalue weighted by Gasteiger charge is -2.19. The van der Waals surface area contributed by atoms with Crippen molar-refractivity contribution in [1.29, 1.82) is 0 Å². The lowest BCUT2D eigenvalue weighted by atomic mass is 10.1. The number of ether oxygens (including phenoxy) is 2. The number of benzene rings is 1. The third-order valence-electron chi connectivity index (χ3n) is 3.90. The zero-order chi connectivity index (χ0) is 17.2. The van der Waals surface area contributed by atoms with Gasteiger partial charge in [-0.1, -0.05) is 29.8 Å². The molecule has 0 spiro atoms. The Labute approximate surface area is 149 Å². The van der Waals surface area contributed by atoms with Gasteiger partial charge in [-0.3, -0.25) is 4.99 Å². The first-order valence-electron chi connectivity index (χ1n) is 8.69. The van der Waals surface area contributed by atoms with E-state index in [1.54, 1.807) is 0 Å². The van der Waals surface area contributed by atoms with Crippen LogP contribution >= 0.6 is 11.6 Å². The number of rotatable bonds is 8. The summed E-state index contributed by atoms with van der Waals surface area (Å²) in [7, 11) is 0. The molecule has 24 heavy (non-hydrogen) atoms. The number of nitrogens with one attached hydrogen (secondary N) is 2. The third-order valence-corrected chi connectivity index (χ3v) is 4.25. The molecule has 0 saturated carbocycles. The zero-order valence-corrected chi connectivity index (χ0v) is 15.3. The molecular formula is C18H28ClN3O2. The maximum absolute atomic E-state index is 6.26. The van der Waals surface area contributed by atoms with Crippen LogP contribution in [0.4, 0.5) is 0 Å². The van der Waals surface area contributed by atoms with Crippen LogP contribution in [0.15, 0.2) is 29.3 Å². The minimum Gasteiger partial charge on any atom is -0.377 e. The van der Waals surface area contributed by atoms with E-state index in [1.165, 1.54) is 0 Å². The Kier molecular flexibility index (Phi) is 8.36. The predicted molar refractivity (Wildman–Crippen MR) is 98.8 cm³/mol. The molecule has 1 aliphatic rings. The van der Waals surface area contributed by atoms with E-state index in [-0.39, 0.29) is 12.1 Å². The van der Waals surface area contributed by atoms with Crippen LogP contribution in [0.1, 0.15) is 38.3 Å². The van der Waals surface area contributed by atoms with E-state index in [4.69, 9.17) is 21.1 Å². The molecule has 2 rings (SSSR count). The van der Waals surface area contributed by atoms with Gasteiger partial charge in [0.15, 0.2) is 5.96 Å². The molecule has 0 aliphatic carbocycles. The predicted octanol–water partition coefficient (Wildman–Crippen LogP) is 3.15. The Morgan fingerprint density at radius 3 is 3.00 bits per heavy atom. The first-order valence-corrected chi connectivity index (χ1v) is 9.07. The molecule has 2 unspecified atom stereocenters. The molecule has 2 atom stereocenters. The van der Waals surface area contributed by atoms with Gasteiger partial charge in [0, 0.05) is 18.2 Å². The Balaban J connectivity index is 1.78. The number of nitrogens with zero attached hydrogens (tertiary/aromatic N) is 1. The van der Waals surface area contributed by atoms with E-state index in [0.29, 0.717) is 19.8 Å². The molecule has 5 nitrogen and oxygen atoms in total. The van der Waals surface area contributed by atoms with Crippen LogP contribution in [-0.4, -0.2) is 45.0 Å². The lowest BCUT2D eigenvalue weighted by Crippen LogP contribution is -2.39. The van der Waals surface area contributed by atoms with Gasteiger partial charge in [-0.15, -0.1) is 0 Å². The Morgan fingerprint density at radius 1 is 1.46 bits per heavy atom. The number of hydrogen-bond donors (Lipinski definition) is 2. The summed E-state index contributed by atoms with van der Waals surface area (Å²) in [5.74, 6) is 0.769. The molecule has 0 bridgehead atoms. The summed E-state index contributed by atoms with van der Waals surface area (Å²) < 4.78 is 11.2. The monoisotopic (exact) mass is 353 g/mol. The second kappa shape index (κ2) is 10.5. The fourth-order valence-corrected chi connectivity index (χ4v) is 2.94. The Bertz CT molecular complexity index is 519. The molecule has 1 aliphatic heterocycles. The highest BCUT2D eigenvalue weighted by Gasteiger charge is 2.15. The Morgan fingerprint density at radius 2 is 2.29 bits per heavy atom. The smallest absolute Gasteiger partial charge is 0.191 e. The molecule has 0 radical (unpaired) electrons. The van der Waals surface area contributed by atoms with E-state index in [2.05, 4.69) is 22.5 Å². The van der Waals surface area contributed by atoms with Gasteiger partial charge >= 0.3 is 0 Å². The summed E-state index contributed by atoms with van der Waals surface area (Å²) in [6.07, 6.45) is 2.50. The van der Waals surface area contributed by atoms with Gasteiger partial charge in [-0.2, -0.15) is 0 Å². The van der Waals surface area contributed by atoms with Crippen molar-refractivity contribution < 1.29 is 9.47 Å². The van der Waals surface area contributed by atoms with Gasteiger partial charge in [0.2, 0.25) is 0 Å². The fourth-order valence-electron chi connectivity index (χ4n) is 2.64. The first-order chi connectivity index (χ1) is 11.7. The summed E-state index contributed by atoms with van der Waals surface area (Å²) in [4.78, 5) is 4.56. The van der Waals surface area contributed by atoms with Crippen LogP contribution in [0.2, 0.25) is 5.02 Å². The highest BCUT2D eigenvalue weighted by Crippen LogP contribution is 2.21. The van der Waals surface area contributed by atoms with Crippen molar-refractivity contribution in [3.05, 3.63) is 34.9 Å². The topological polar surface area (TPSA) is 54.9 Å². The second-order valence-electron chi connectivity index (χ2n) is 5.86. The third kappa shape index (κ3) is 6.30. The SMILES string of the molecule is CCNC(=NCCOCC1CCCO1)NC(C)c1ccccc1Cl. The van der Waals surface area contributed by atoms with Crippen LogP contribution in [0, 0.1) is 0 Å². The molecule has 134 valence electrons. The molecule has 6 heteroatoms. The quantitative estimate of drug-likeness (QED) is 0.428. The maximum atomic E-state index is 6.26. The summed E-state index contributed by atoms with van der Waals surface area (Å²) in [6, 6.07) is 7.92. The minimum absolute atomic E-state index is 0.0734. The standard InChI is InChI=1S/C18H28ClN3O2/c1-3-20-18(21-10-12-23-13-15-7-6-11-24-15)22-14(2)16-8-4-5-9-17(16)19/h4-5,8-9,14-15H,3,6-7,10-13H2,1-2H3,(H2,20,21,22). The average molecular weight is 354 g/mol. The summed E-state index contributed by atoms with van der Waals surface area (Å²) in [5.41, 5.74) is 1.06. The molecule has 1 heterocycles. The summed E-state index contributed by atoms with van der Waals surface area (Å²) in [5, 5.41) is 7.39. The molecule has 1 fully saturated rings. The van der Waals surface area contributed by atoms with Gasteiger partial charge in [0.1, 0.15) is 0 Å². The van der Waals surface area contributed by atoms with E-state index in [9.17, 15) is 0 Å². The van der Waals surface area contributed by atoms with Crippen molar-refractivity contribution in [3.63, 3.8) is 0 Å². The second-order valence-corrected chi connectivity index (χ2v) is 6.27. The highest BCUT2D eigenvalue weighted by atomic mass is 35.5. The van der Waals surface area contributed by atoms with Gasteiger partial charge in [-0.05, 0) is 38.3 Å². The maximum Gasteiger partial charge on any atom is 0.191 e. The van der Waals surface area contributed by atoms with Crippen LogP contribution in [0.3, 0.4) is 0 Å². The van der Waals surface area contributed by atoms with E-state index >= 15 is 0 Å². The van der Waals surface area contributed by atoms with Crippen LogP contribution in [0.25, 0.3) is 0 Å². The van der Waals surface area contributed by atoms with Crippen molar-refractivity contribution >= 4 is 17.6 Å². The van der Waals surface area contributed by atoms with Crippen LogP contribution in [-0.2, 0) is 9.47 Å². The molecule has 1 saturated heterocycles. The van der Waals surface area contributed by atoms with Crippen molar-refractivity contribution in [2.75, 3.05) is 32.9 Å². The minimum atomic E-state index is 0.0734. The van der Waals surface area contributed by atoms with Gasteiger partial charge in [0.25, 0.3) is 0 Å². The fraction of sp³-hybridized carbons (Fsp3) is 0.611. The number of guanidine groups is 1. The Hall–Kier alpha value is -1.30. The number of aliphatic imine (C=N–C) groups is 1. The summed E-state index contributed by atoms with van der Waals surface area (Å²) >= 11 is 6.26. The van der Waals surface area contributed by atoms with Crippen molar-refractivity contribution in [2.24, 2.45) is 4.99 Å². The largest absolute Gasteiger partial charge is 0.377 e. The zero-order valence-electron chi connectivity index (χ0n) is 14.6. The van der Waals surface area contributed by atoms with Gasteiger partial charge in [-0.25, -0.2) is 0 Å². The van der Waals surface area contributed by atoms with Crippen LogP contribution in [0.5, 0.6) is 0 Å². The van der Waals surface area contributed by atoms with E-state index in [0.717, 1.165) is 42.5 Å². The van der Waals surface area contributed by atoms with Crippen molar-refractivity contribution in [3.8, 4) is 0 Å². The van der Waals surface area contributed by atoms with Gasteiger partial charge in [0.05, 0.1) is 31.9 Å². The molecule has 0 aromatic heterocycles. The van der Waals surface area contributed by atoms with E-state index in [1.807, 2.05) is 31.2 Å². The lowest BCUT2D eigenvalue weighted by molar-refractivity contribution is 0.0200. The molecule has 1 aromatic carbocycles. The molecule has 0 amide bonds. The highest BCUT2D eigenvalue weighted by molar-refractivity contribution is 6.31. The van der Waals surface area contributed by atoms with Crippen LogP contribution < -0.4 is 10.6 Å². The number of halogens is 1. The summed E-state index contributed by atoms with van der Waals surface area (Å²) in [6.45, 7) is 7.65. The molecular weight excluding hydrogens is 326 g/mol. The van der Waals surface area contributed by atoms with Crippen molar-refractivity contribution in [1.82, 2.24) is 10.6 Å². The van der Waals surface area contributed by atoms with Crippen molar-refractivity contribution in [2.45, 2.75) is 38.8 Å². The normalized spacial score (nSPS) is 19.3. The first kappa shape index (κ1) is 19.0. The molecule has 1 aromatic rings. The van der Waals surface area contributed by atoms with Gasteiger partial charge < -0.3 is 20.1 Å². The average Bonchev–Trinajstić information content (AvgIpc) is 3.08.